The molecule has 3 aromatic rings. The van der Waals surface area contributed by atoms with Crippen LogP contribution in [0, 0.1) is 6.92 Å². The van der Waals surface area contributed by atoms with Crippen LogP contribution < -0.4 is 16.2 Å². The number of aryl methyl sites for hydroxylation is 1. The molecule has 9 heteroatoms. The van der Waals surface area contributed by atoms with Crippen molar-refractivity contribution in [1.29, 1.82) is 0 Å². The van der Waals surface area contributed by atoms with Crippen LogP contribution in [0.1, 0.15) is 12.5 Å². The number of fused-ring (bicyclic) bond motifs is 1. The molecular weight excluding hydrogens is 412 g/mol. The minimum Gasteiger partial charge on any atom is -0.338 e. The SMILES string of the molecule is CCNC(=O)NC(=O)CSc1nc2cc(Cl)ccc2c(=O)n1-c1cccc(C)c1. The molecule has 0 aliphatic carbocycles. The fraction of sp³-hybridized carbons (Fsp3) is 0.200. The molecule has 2 aromatic carbocycles. The summed E-state index contributed by atoms with van der Waals surface area (Å²) in [6.45, 7) is 4.09. The molecule has 0 radical (unpaired) electrons. The van der Waals surface area contributed by atoms with E-state index in [0.29, 0.717) is 33.3 Å². The number of carbonyl (C=O) groups excluding carboxylic acids is 2. The first kappa shape index (κ1) is 20.9. The van der Waals surface area contributed by atoms with Crippen molar-refractivity contribution in [3.63, 3.8) is 0 Å². The van der Waals surface area contributed by atoms with E-state index in [-0.39, 0.29) is 11.3 Å². The first-order valence-corrected chi connectivity index (χ1v) is 10.2. The normalized spacial score (nSPS) is 10.7. The van der Waals surface area contributed by atoms with Crippen molar-refractivity contribution in [3.8, 4) is 5.69 Å². The summed E-state index contributed by atoms with van der Waals surface area (Å²) in [4.78, 5) is 41.3. The molecule has 7 nitrogen and oxygen atoms in total. The van der Waals surface area contributed by atoms with Gasteiger partial charge in [0, 0.05) is 11.6 Å². The molecule has 0 atom stereocenters. The Morgan fingerprint density at radius 3 is 2.72 bits per heavy atom. The number of hydrogen-bond acceptors (Lipinski definition) is 5. The molecule has 0 bridgehead atoms. The van der Waals surface area contributed by atoms with Gasteiger partial charge in [-0.25, -0.2) is 9.78 Å². The molecule has 0 unspecified atom stereocenters. The minimum absolute atomic E-state index is 0.0819. The van der Waals surface area contributed by atoms with E-state index in [0.717, 1.165) is 17.3 Å². The first-order valence-electron chi connectivity index (χ1n) is 8.89. The molecule has 0 fully saturated rings. The van der Waals surface area contributed by atoms with Crippen LogP contribution >= 0.6 is 23.4 Å². The quantitative estimate of drug-likeness (QED) is 0.478. The lowest BCUT2D eigenvalue weighted by Gasteiger charge is -2.14. The summed E-state index contributed by atoms with van der Waals surface area (Å²) in [5.74, 6) is -0.571. The van der Waals surface area contributed by atoms with Gasteiger partial charge < -0.3 is 5.32 Å². The van der Waals surface area contributed by atoms with Gasteiger partial charge in [-0.2, -0.15) is 0 Å². The summed E-state index contributed by atoms with van der Waals surface area (Å²) in [6, 6.07) is 11.8. The second-order valence-corrected chi connectivity index (χ2v) is 7.61. The number of halogens is 1. The van der Waals surface area contributed by atoms with Gasteiger partial charge in [-0.1, -0.05) is 35.5 Å². The Bertz CT molecular complexity index is 1150. The fourth-order valence-electron chi connectivity index (χ4n) is 2.73. The lowest BCUT2D eigenvalue weighted by Crippen LogP contribution is -2.40. The zero-order valence-electron chi connectivity index (χ0n) is 15.9. The monoisotopic (exact) mass is 430 g/mol. The van der Waals surface area contributed by atoms with Crippen LogP contribution in [-0.4, -0.2) is 33.8 Å². The van der Waals surface area contributed by atoms with Crippen molar-refractivity contribution in [2.24, 2.45) is 0 Å². The standard InChI is InChI=1S/C20H19ClN4O3S/c1-3-22-19(28)24-17(26)11-29-20-23-16-10-13(21)7-8-15(16)18(27)25(20)14-6-4-5-12(2)9-14/h4-10H,3,11H2,1-2H3,(H2,22,24,26,28). The van der Waals surface area contributed by atoms with Crippen molar-refractivity contribution < 1.29 is 9.59 Å². The zero-order valence-corrected chi connectivity index (χ0v) is 17.4. The predicted octanol–water partition coefficient (Wildman–Crippen LogP) is 3.29. The fourth-order valence-corrected chi connectivity index (χ4v) is 3.71. The van der Waals surface area contributed by atoms with Gasteiger partial charge in [-0.15, -0.1) is 0 Å². The third kappa shape index (κ3) is 4.96. The number of amides is 3. The van der Waals surface area contributed by atoms with Gasteiger partial charge in [-0.05, 0) is 49.7 Å². The van der Waals surface area contributed by atoms with E-state index >= 15 is 0 Å². The second kappa shape index (κ2) is 9.11. The van der Waals surface area contributed by atoms with Crippen LogP contribution in [0.25, 0.3) is 16.6 Å². The highest BCUT2D eigenvalue weighted by Crippen LogP contribution is 2.23. The van der Waals surface area contributed by atoms with E-state index in [2.05, 4.69) is 15.6 Å². The number of thioether (sulfide) groups is 1. The van der Waals surface area contributed by atoms with E-state index in [9.17, 15) is 14.4 Å². The number of benzene rings is 2. The number of hydrogen-bond donors (Lipinski definition) is 2. The van der Waals surface area contributed by atoms with E-state index in [1.165, 1.54) is 4.57 Å². The molecule has 1 heterocycles. The lowest BCUT2D eigenvalue weighted by molar-refractivity contribution is -0.117. The van der Waals surface area contributed by atoms with Crippen molar-refractivity contribution in [2.75, 3.05) is 12.3 Å². The Morgan fingerprint density at radius 2 is 2.00 bits per heavy atom. The van der Waals surface area contributed by atoms with Gasteiger partial charge in [-0.3, -0.25) is 19.5 Å². The van der Waals surface area contributed by atoms with Crippen molar-refractivity contribution in [3.05, 3.63) is 63.4 Å². The average molecular weight is 431 g/mol. The van der Waals surface area contributed by atoms with Crippen LogP contribution in [0.2, 0.25) is 5.02 Å². The Balaban J connectivity index is 2.02. The first-order chi connectivity index (χ1) is 13.9. The molecule has 0 aliphatic rings. The highest BCUT2D eigenvalue weighted by atomic mass is 35.5. The Labute approximate surface area is 176 Å². The number of rotatable bonds is 5. The molecule has 0 aliphatic heterocycles. The maximum Gasteiger partial charge on any atom is 0.321 e. The Kier molecular flexibility index (Phi) is 6.56. The molecule has 2 N–H and O–H groups in total. The number of nitrogens with zero attached hydrogens (tertiary/aromatic N) is 2. The van der Waals surface area contributed by atoms with E-state index in [1.807, 2.05) is 25.1 Å². The van der Waals surface area contributed by atoms with E-state index in [1.54, 1.807) is 31.2 Å². The summed E-state index contributed by atoms with van der Waals surface area (Å²) in [7, 11) is 0. The topological polar surface area (TPSA) is 93.1 Å². The van der Waals surface area contributed by atoms with Crippen molar-refractivity contribution >= 4 is 46.2 Å². The second-order valence-electron chi connectivity index (χ2n) is 6.23. The van der Waals surface area contributed by atoms with Gasteiger partial charge in [0.05, 0.1) is 22.3 Å². The highest BCUT2D eigenvalue weighted by molar-refractivity contribution is 7.99. The third-order valence-electron chi connectivity index (χ3n) is 3.98. The zero-order chi connectivity index (χ0) is 21.0. The summed E-state index contributed by atoms with van der Waals surface area (Å²) in [6.07, 6.45) is 0. The van der Waals surface area contributed by atoms with Crippen LogP contribution in [0.5, 0.6) is 0 Å². The minimum atomic E-state index is -0.563. The highest BCUT2D eigenvalue weighted by Gasteiger charge is 2.16. The van der Waals surface area contributed by atoms with Crippen LogP contribution in [0.3, 0.4) is 0 Å². The number of imide groups is 1. The summed E-state index contributed by atoms with van der Waals surface area (Å²) in [5, 5.41) is 5.94. The van der Waals surface area contributed by atoms with Gasteiger partial charge in [0.2, 0.25) is 5.91 Å². The van der Waals surface area contributed by atoms with Gasteiger partial charge in [0.1, 0.15) is 0 Å². The largest absolute Gasteiger partial charge is 0.338 e. The molecule has 3 rings (SSSR count). The molecule has 0 saturated heterocycles. The summed E-state index contributed by atoms with van der Waals surface area (Å²) < 4.78 is 1.47. The molecule has 29 heavy (non-hydrogen) atoms. The number of carbonyl (C=O) groups is 2. The molecule has 1 aromatic heterocycles. The Hall–Kier alpha value is -2.84. The van der Waals surface area contributed by atoms with Crippen LogP contribution in [0.4, 0.5) is 4.79 Å². The smallest absolute Gasteiger partial charge is 0.321 e. The third-order valence-corrected chi connectivity index (χ3v) is 5.16. The molecule has 0 saturated carbocycles. The molecule has 0 spiro atoms. The van der Waals surface area contributed by atoms with Gasteiger partial charge >= 0.3 is 6.03 Å². The number of nitrogens with one attached hydrogen (secondary N) is 2. The summed E-state index contributed by atoms with van der Waals surface area (Å²) >= 11 is 7.12. The number of aromatic nitrogens is 2. The maximum atomic E-state index is 13.2. The molecule has 150 valence electrons. The van der Waals surface area contributed by atoms with Gasteiger partial charge in [0.25, 0.3) is 5.56 Å². The van der Waals surface area contributed by atoms with Crippen LogP contribution in [-0.2, 0) is 4.79 Å². The summed E-state index contributed by atoms with van der Waals surface area (Å²) in [5.41, 5.74) is 1.81. The van der Waals surface area contributed by atoms with Crippen LogP contribution in [0.15, 0.2) is 52.4 Å². The van der Waals surface area contributed by atoms with E-state index in [4.69, 9.17) is 11.6 Å². The molecular formula is C20H19ClN4O3S. The Morgan fingerprint density at radius 1 is 1.21 bits per heavy atom. The number of urea groups is 1. The predicted molar refractivity (Wildman–Crippen MR) is 115 cm³/mol. The van der Waals surface area contributed by atoms with Crippen molar-refractivity contribution in [1.82, 2.24) is 20.2 Å². The van der Waals surface area contributed by atoms with Gasteiger partial charge in [0.15, 0.2) is 5.16 Å². The van der Waals surface area contributed by atoms with Crippen molar-refractivity contribution in [2.45, 2.75) is 19.0 Å². The average Bonchev–Trinajstić information content (AvgIpc) is 2.66. The molecule has 3 amide bonds. The lowest BCUT2D eigenvalue weighted by atomic mass is 10.2. The maximum absolute atomic E-state index is 13.2. The van der Waals surface area contributed by atoms with E-state index < -0.39 is 11.9 Å².